The Morgan fingerprint density at radius 1 is 1.42 bits per heavy atom. The molecular weight excluding hydrogens is 166 g/mol. The van der Waals surface area contributed by atoms with Crippen LogP contribution in [0.3, 0.4) is 0 Å². The zero-order valence-electron chi connectivity index (χ0n) is 6.00. The molecule has 0 atom stereocenters. The molecule has 0 aromatic heterocycles. The molecule has 1 rings (SSSR count). The Morgan fingerprint density at radius 3 is 2.50 bits per heavy atom. The second-order valence-corrected chi connectivity index (χ2v) is 2.24. The summed E-state index contributed by atoms with van der Waals surface area (Å²) in [6, 6.07) is 3.15. The van der Waals surface area contributed by atoms with Crippen molar-refractivity contribution < 1.29 is 18.7 Å². The first-order valence-electron chi connectivity index (χ1n) is 3.21. The van der Waals surface area contributed by atoms with Gasteiger partial charge in [-0.1, -0.05) is 6.07 Å². The lowest BCUT2D eigenvalue weighted by Crippen LogP contribution is -1.86. The van der Waals surface area contributed by atoms with Crippen LogP contribution in [0.15, 0.2) is 18.2 Å². The predicted molar refractivity (Wildman–Crippen MR) is 38.5 cm³/mol. The standard InChI is InChI=1S/C8H6F2O2/c9-8(10)5-1-2-6(4-11)7(12)3-5/h1-4,8,12H. The van der Waals surface area contributed by atoms with Crippen molar-refractivity contribution in [1.82, 2.24) is 0 Å². The van der Waals surface area contributed by atoms with Crippen molar-refractivity contribution in [1.29, 1.82) is 0 Å². The normalized spacial score (nSPS) is 10.2. The van der Waals surface area contributed by atoms with E-state index in [0.29, 0.717) is 6.29 Å². The summed E-state index contributed by atoms with van der Waals surface area (Å²) in [4.78, 5) is 10.2. The fourth-order valence-corrected chi connectivity index (χ4v) is 0.796. The fraction of sp³-hybridized carbons (Fsp3) is 0.125. The summed E-state index contributed by atoms with van der Waals surface area (Å²) in [5.74, 6) is -0.414. The van der Waals surface area contributed by atoms with E-state index in [1.807, 2.05) is 0 Å². The molecule has 0 saturated carbocycles. The Balaban J connectivity index is 3.10. The van der Waals surface area contributed by atoms with Gasteiger partial charge < -0.3 is 5.11 Å². The van der Waals surface area contributed by atoms with E-state index in [2.05, 4.69) is 0 Å². The van der Waals surface area contributed by atoms with E-state index in [9.17, 15) is 13.6 Å². The number of alkyl halides is 2. The molecule has 4 heteroatoms. The van der Waals surface area contributed by atoms with E-state index >= 15 is 0 Å². The molecule has 2 nitrogen and oxygen atoms in total. The SMILES string of the molecule is O=Cc1ccc(C(F)F)cc1O. The highest BCUT2D eigenvalue weighted by Gasteiger charge is 2.09. The van der Waals surface area contributed by atoms with Crippen molar-refractivity contribution >= 4 is 6.29 Å². The maximum atomic E-state index is 12.0. The van der Waals surface area contributed by atoms with Crippen LogP contribution in [0.25, 0.3) is 0 Å². The van der Waals surface area contributed by atoms with Gasteiger partial charge in [-0.05, 0) is 12.1 Å². The predicted octanol–water partition coefficient (Wildman–Crippen LogP) is 2.14. The Morgan fingerprint density at radius 2 is 2.08 bits per heavy atom. The van der Waals surface area contributed by atoms with Gasteiger partial charge in [0.05, 0.1) is 5.56 Å². The molecule has 0 heterocycles. The van der Waals surface area contributed by atoms with Gasteiger partial charge in [-0.15, -0.1) is 0 Å². The van der Waals surface area contributed by atoms with E-state index in [4.69, 9.17) is 5.11 Å². The third-order valence-corrected chi connectivity index (χ3v) is 1.43. The van der Waals surface area contributed by atoms with Crippen LogP contribution in [-0.4, -0.2) is 11.4 Å². The maximum absolute atomic E-state index is 12.0. The largest absolute Gasteiger partial charge is 0.507 e. The highest BCUT2D eigenvalue weighted by molar-refractivity contribution is 5.79. The van der Waals surface area contributed by atoms with Crippen molar-refractivity contribution in [2.45, 2.75) is 6.43 Å². The summed E-state index contributed by atoms with van der Waals surface area (Å²) >= 11 is 0. The van der Waals surface area contributed by atoms with Gasteiger partial charge in [0.25, 0.3) is 6.43 Å². The molecule has 12 heavy (non-hydrogen) atoms. The van der Waals surface area contributed by atoms with E-state index < -0.39 is 12.2 Å². The molecule has 0 fully saturated rings. The number of carbonyl (C=O) groups is 1. The molecule has 64 valence electrons. The van der Waals surface area contributed by atoms with Crippen LogP contribution in [0, 0.1) is 0 Å². The Labute approximate surface area is 67.4 Å². The average molecular weight is 172 g/mol. The molecule has 0 bridgehead atoms. The number of hydrogen-bond donors (Lipinski definition) is 1. The second kappa shape index (κ2) is 3.30. The molecular formula is C8H6F2O2. The molecule has 0 aliphatic rings. The molecule has 0 radical (unpaired) electrons. The monoisotopic (exact) mass is 172 g/mol. The summed E-state index contributed by atoms with van der Waals surface area (Å²) < 4.78 is 24.0. The first kappa shape index (κ1) is 8.64. The van der Waals surface area contributed by atoms with Gasteiger partial charge in [-0.2, -0.15) is 0 Å². The van der Waals surface area contributed by atoms with Crippen LogP contribution >= 0.6 is 0 Å². The number of rotatable bonds is 2. The number of benzene rings is 1. The fourth-order valence-electron chi connectivity index (χ4n) is 0.796. The van der Waals surface area contributed by atoms with Crippen molar-refractivity contribution in [3.8, 4) is 5.75 Å². The zero-order chi connectivity index (χ0) is 9.14. The van der Waals surface area contributed by atoms with Crippen LogP contribution in [-0.2, 0) is 0 Å². The van der Waals surface area contributed by atoms with E-state index in [1.54, 1.807) is 0 Å². The summed E-state index contributed by atoms with van der Waals surface area (Å²) in [5, 5.41) is 8.98. The Bertz CT molecular complexity index is 297. The Hall–Kier alpha value is -1.45. The lowest BCUT2D eigenvalue weighted by molar-refractivity contribution is 0.112. The quantitative estimate of drug-likeness (QED) is 0.694. The van der Waals surface area contributed by atoms with Gasteiger partial charge in [-0.25, -0.2) is 8.78 Å². The van der Waals surface area contributed by atoms with Gasteiger partial charge in [0.1, 0.15) is 5.75 Å². The van der Waals surface area contributed by atoms with E-state index in [0.717, 1.165) is 18.2 Å². The molecule has 1 N–H and O–H groups in total. The summed E-state index contributed by atoms with van der Waals surface area (Å²) in [6.07, 6.45) is -2.22. The molecule has 0 unspecified atom stereocenters. The molecule has 1 aromatic carbocycles. The minimum atomic E-state index is -2.63. The van der Waals surface area contributed by atoms with Crippen molar-refractivity contribution in [3.63, 3.8) is 0 Å². The molecule has 0 saturated heterocycles. The van der Waals surface area contributed by atoms with Gasteiger partial charge in [0.2, 0.25) is 0 Å². The summed E-state index contributed by atoms with van der Waals surface area (Å²) in [7, 11) is 0. The number of phenols is 1. The van der Waals surface area contributed by atoms with E-state index in [1.165, 1.54) is 0 Å². The van der Waals surface area contributed by atoms with Crippen LogP contribution < -0.4 is 0 Å². The van der Waals surface area contributed by atoms with Crippen molar-refractivity contribution in [3.05, 3.63) is 29.3 Å². The number of hydrogen-bond acceptors (Lipinski definition) is 2. The number of halogens is 2. The molecule has 0 spiro atoms. The molecule has 0 amide bonds. The topological polar surface area (TPSA) is 37.3 Å². The number of carbonyl (C=O) groups excluding carboxylic acids is 1. The summed E-state index contributed by atoms with van der Waals surface area (Å²) in [6.45, 7) is 0. The summed E-state index contributed by atoms with van der Waals surface area (Å²) in [5.41, 5.74) is -0.280. The first-order chi connectivity index (χ1) is 5.65. The third-order valence-electron chi connectivity index (χ3n) is 1.43. The smallest absolute Gasteiger partial charge is 0.263 e. The van der Waals surface area contributed by atoms with Crippen molar-refractivity contribution in [2.24, 2.45) is 0 Å². The minimum absolute atomic E-state index is 0.0133. The minimum Gasteiger partial charge on any atom is -0.507 e. The second-order valence-electron chi connectivity index (χ2n) is 2.24. The van der Waals surface area contributed by atoms with Gasteiger partial charge in [0.15, 0.2) is 6.29 Å². The molecule has 0 aliphatic heterocycles. The third kappa shape index (κ3) is 1.58. The van der Waals surface area contributed by atoms with Gasteiger partial charge in [-0.3, -0.25) is 4.79 Å². The Kier molecular flexibility index (Phi) is 2.38. The van der Waals surface area contributed by atoms with E-state index in [-0.39, 0.29) is 11.1 Å². The molecule has 1 aromatic rings. The maximum Gasteiger partial charge on any atom is 0.263 e. The highest BCUT2D eigenvalue weighted by Crippen LogP contribution is 2.24. The van der Waals surface area contributed by atoms with Gasteiger partial charge >= 0.3 is 0 Å². The van der Waals surface area contributed by atoms with Crippen LogP contribution in [0.2, 0.25) is 0 Å². The first-order valence-corrected chi connectivity index (χ1v) is 3.21. The zero-order valence-corrected chi connectivity index (χ0v) is 6.00. The number of phenolic OH excluding ortho intramolecular Hbond substituents is 1. The highest BCUT2D eigenvalue weighted by atomic mass is 19.3. The number of aldehydes is 1. The van der Waals surface area contributed by atoms with Crippen LogP contribution in [0.1, 0.15) is 22.3 Å². The lowest BCUT2D eigenvalue weighted by atomic mass is 10.1. The van der Waals surface area contributed by atoms with Crippen LogP contribution in [0.5, 0.6) is 5.75 Å². The lowest BCUT2D eigenvalue weighted by Gasteiger charge is -2.01. The van der Waals surface area contributed by atoms with Crippen LogP contribution in [0.4, 0.5) is 8.78 Å². The number of aromatic hydroxyl groups is 1. The average Bonchev–Trinajstić information content (AvgIpc) is 2.04. The van der Waals surface area contributed by atoms with Gasteiger partial charge in [0, 0.05) is 5.56 Å². The van der Waals surface area contributed by atoms with Crippen molar-refractivity contribution in [2.75, 3.05) is 0 Å². The molecule has 0 aliphatic carbocycles.